The van der Waals surface area contributed by atoms with Crippen LogP contribution in [0.1, 0.15) is 61.9 Å². The second-order valence-electron chi connectivity index (χ2n) is 14.6. The molecule has 0 unspecified atom stereocenters. The van der Waals surface area contributed by atoms with E-state index in [4.69, 9.17) is 14.7 Å². The van der Waals surface area contributed by atoms with E-state index in [1.54, 1.807) is 0 Å². The number of rotatable bonds is 6. The second kappa shape index (κ2) is 17.0. The van der Waals surface area contributed by atoms with Crippen molar-refractivity contribution in [3.8, 4) is 28.0 Å². The highest BCUT2D eigenvalue weighted by molar-refractivity contribution is 6.26. The molecule has 0 fully saturated rings. The Kier molecular flexibility index (Phi) is 11.2. The lowest BCUT2D eigenvalue weighted by atomic mass is 9.87. The summed E-state index contributed by atoms with van der Waals surface area (Å²) in [7, 11) is 0. The molecule has 2 heterocycles. The van der Waals surface area contributed by atoms with Crippen LogP contribution in [0.15, 0.2) is 167 Å². The number of para-hydroxylation sites is 2. The fourth-order valence-corrected chi connectivity index (χ4v) is 8.68. The molecule has 4 nitrogen and oxygen atoms in total. The Morgan fingerprint density at radius 3 is 2.15 bits per heavy atom. The van der Waals surface area contributed by atoms with Gasteiger partial charge in [0.25, 0.3) is 0 Å². The van der Waals surface area contributed by atoms with E-state index in [0.29, 0.717) is 12.6 Å². The summed E-state index contributed by atoms with van der Waals surface area (Å²) < 4.78 is 8.92. The number of aryl methyl sites for hydroxylation is 3. The number of benzene rings is 7. The Morgan fingerprint density at radius 2 is 1.36 bits per heavy atom. The number of allylic oxidation sites excluding steroid dienone is 1. The number of nitrogens with zero attached hydrogens (tertiary/aromatic N) is 3. The van der Waals surface area contributed by atoms with Gasteiger partial charge in [-0.3, -0.25) is 4.99 Å². The van der Waals surface area contributed by atoms with Crippen LogP contribution in [-0.2, 0) is 13.1 Å². The summed E-state index contributed by atoms with van der Waals surface area (Å²) in [6.45, 7) is 16.9. The second-order valence-corrected chi connectivity index (χ2v) is 14.6. The molecule has 2 aliphatic rings. The molecule has 8 aromatic rings. The van der Waals surface area contributed by atoms with E-state index in [-0.39, 0.29) is 0 Å². The van der Waals surface area contributed by atoms with Crippen LogP contribution in [0.4, 0.5) is 0 Å². The maximum Gasteiger partial charge on any atom is 0.226 e. The van der Waals surface area contributed by atoms with E-state index in [1.807, 2.05) is 45.9 Å². The molecule has 0 radical (unpaired) electrons. The molecule has 4 heteroatoms. The zero-order valence-electron chi connectivity index (χ0n) is 35.0. The highest BCUT2D eigenvalue weighted by Crippen LogP contribution is 2.43. The molecule has 292 valence electrons. The lowest BCUT2D eigenvalue weighted by molar-refractivity contribution is 0.561. The lowest BCUT2D eigenvalue weighted by Crippen LogP contribution is -2.09. The fraction of sp³-hybridized carbons (Fsp3) is 0.164. The van der Waals surface area contributed by atoms with Crippen molar-refractivity contribution in [2.24, 2.45) is 9.98 Å². The average molecular weight is 770 g/mol. The predicted octanol–water partition coefficient (Wildman–Crippen LogP) is 14.8. The van der Waals surface area contributed by atoms with Gasteiger partial charge in [0.2, 0.25) is 5.90 Å². The highest BCUT2D eigenvalue weighted by Gasteiger charge is 2.30. The molecule has 59 heavy (non-hydrogen) atoms. The smallest absolute Gasteiger partial charge is 0.226 e. The monoisotopic (exact) mass is 769 g/mol. The van der Waals surface area contributed by atoms with Crippen molar-refractivity contribution in [2.75, 3.05) is 0 Å². The first-order valence-corrected chi connectivity index (χ1v) is 21.0. The summed E-state index contributed by atoms with van der Waals surface area (Å²) in [5.41, 5.74) is 16.2. The molecule has 1 aliphatic carbocycles. The molecule has 0 saturated heterocycles. The van der Waals surface area contributed by atoms with Crippen molar-refractivity contribution in [2.45, 2.75) is 61.1 Å². The van der Waals surface area contributed by atoms with Gasteiger partial charge in [0.1, 0.15) is 12.4 Å². The van der Waals surface area contributed by atoms with Gasteiger partial charge >= 0.3 is 0 Å². The first-order chi connectivity index (χ1) is 29.1. The molecule has 0 bridgehead atoms. The molecule has 1 aliphatic heterocycles. The molecule has 0 saturated carbocycles. The zero-order valence-corrected chi connectivity index (χ0v) is 35.0. The molecular formula is C55H51N3O. The summed E-state index contributed by atoms with van der Waals surface area (Å²) in [6.07, 6.45) is 4.04. The molecule has 7 aromatic carbocycles. The van der Waals surface area contributed by atoms with Crippen LogP contribution in [0.2, 0.25) is 0 Å². The number of fused-ring (bicyclic) bond motifs is 6. The Hall–Kier alpha value is -6.78. The Bertz CT molecular complexity index is 2960. The van der Waals surface area contributed by atoms with Crippen LogP contribution in [0.25, 0.3) is 66.5 Å². The summed E-state index contributed by atoms with van der Waals surface area (Å²) in [5.74, 6) is 1.35. The maximum absolute atomic E-state index is 6.59. The third-order valence-electron chi connectivity index (χ3n) is 11.4. The van der Waals surface area contributed by atoms with Crippen LogP contribution in [-0.4, -0.2) is 17.2 Å². The largest absolute Gasteiger partial charge is 0.438 e. The van der Waals surface area contributed by atoms with Gasteiger partial charge in [-0.15, -0.1) is 0 Å². The van der Waals surface area contributed by atoms with Gasteiger partial charge in [-0.1, -0.05) is 149 Å². The van der Waals surface area contributed by atoms with Crippen molar-refractivity contribution in [3.05, 3.63) is 185 Å². The number of hydrogen-bond donors (Lipinski definition) is 0. The van der Waals surface area contributed by atoms with Crippen LogP contribution >= 0.6 is 0 Å². The number of ether oxygens (including phenoxy) is 1. The van der Waals surface area contributed by atoms with E-state index >= 15 is 0 Å². The summed E-state index contributed by atoms with van der Waals surface area (Å²) in [6, 6.07) is 52.0. The third kappa shape index (κ3) is 7.10. The molecule has 0 atom stereocenters. The van der Waals surface area contributed by atoms with Crippen molar-refractivity contribution in [1.82, 2.24) is 4.57 Å². The number of aliphatic imine (C=N–C) groups is 2. The molecular weight excluding hydrogens is 719 g/mol. The van der Waals surface area contributed by atoms with Gasteiger partial charge in [-0.2, -0.15) is 0 Å². The third-order valence-corrected chi connectivity index (χ3v) is 11.4. The Balaban J connectivity index is 0.00000118. The van der Waals surface area contributed by atoms with Crippen molar-refractivity contribution >= 4 is 56.8 Å². The maximum atomic E-state index is 6.59. The minimum Gasteiger partial charge on any atom is -0.438 e. The molecule has 10 rings (SSSR count). The Morgan fingerprint density at radius 1 is 0.627 bits per heavy atom. The minimum atomic E-state index is 0.377. The van der Waals surface area contributed by atoms with E-state index in [1.165, 1.54) is 66.1 Å². The molecule has 1 aromatic heterocycles. The summed E-state index contributed by atoms with van der Waals surface area (Å²) in [5, 5.41) is 4.89. The topological polar surface area (TPSA) is 38.9 Å². The van der Waals surface area contributed by atoms with Crippen molar-refractivity contribution < 1.29 is 4.74 Å². The van der Waals surface area contributed by atoms with E-state index in [9.17, 15) is 0 Å². The van der Waals surface area contributed by atoms with Crippen LogP contribution in [0.5, 0.6) is 5.75 Å². The highest BCUT2D eigenvalue weighted by atomic mass is 16.5. The normalized spacial score (nSPS) is 14.4. The van der Waals surface area contributed by atoms with E-state index in [0.717, 1.165) is 52.0 Å². The molecule has 0 spiro atoms. The Labute approximate surface area is 348 Å². The summed E-state index contributed by atoms with van der Waals surface area (Å²) in [4.78, 5) is 10.00. The van der Waals surface area contributed by atoms with Gasteiger partial charge < -0.3 is 9.30 Å². The van der Waals surface area contributed by atoms with Gasteiger partial charge in [-0.05, 0) is 125 Å². The van der Waals surface area contributed by atoms with E-state index < -0.39 is 0 Å². The fourth-order valence-electron chi connectivity index (χ4n) is 8.68. The first kappa shape index (κ1) is 39.1. The van der Waals surface area contributed by atoms with Gasteiger partial charge in [0, 0.05) is 16.3 Å². The van der Waals surface area contributed by atoms with Crippen LogP contribution < -0.4 is 4.74 Å². The average Bonchev–Trinajstić information content (AvgIpc) is 3.81. The van der Waals surface area contributed by atoms with Gasteiger partial charge in [-0.25, -0.2) is 4.99 Å². The minimum absolute atomic E-state index is 0.377. The number of aromatic nitrogens is 1. The van der Waals surface area contributed by atoms with E-state index in [2.05, 4.69) is 159 Å². The lowest BCUT2D eigenvalue weighted by Gasteiger charge is -2.19. The van der Waals surface area contributed by atoms with Gasteiger partial charge in [0.05, 0.1) is 22.3 Å². The van der Waals surface area contributed by atoms with Crippen LogP contribution in [0.3, 0.4) is 0 Å². The molecule has 0 amide bonds. The first-order valence-electron chi connectivity index (χ1n) is 21.0. The van der Waals surface area contributed by atoms with Crippen molar-refractivity contribution in [1.29, 1.82) is 0 Å². The summed E-state index contributed by atoms with van der Waals surface area (Å²) >= 11 is 0. The van der Waals surface area contributed by atoms with Gasteiger partial charge in [0.15, 0.2) is 0 Å². The SMILES string of the molecule is C=N/C(C1=Cc2ccc(-c3ccccc3)cc2CC1)=C1\C(=N/Cn2c3ccccc3c3cc4ccc(C)c(-c5ccccc5C)c4cc32)Oc2ccccc21.CC.CC. The number of hydrogen-bond acceptors (Lipinski definition) is 3. The van der Waals surface area contributed by atoms with Crippen molar-refractivity contribution in [3.63, 3.8) is 0 Å². The standard InChI is InChI=1S/C51H39N3O.2C2H6/c1-32-13-7-8-16-40(32)48-33(2)21-22-38-29-44-41-17-9-11-19-45(41)54(46(44)30-43(38)48)31-53-51-49(42-18-10-12-20-47(42)55-51)50(52-3)39-26-25-36-27-35(23-24-37(36)28-39)34-14-5-4-6-15-34;2*1-2/h4-24,27-30H,3,25-26,31H2,1-2H3;2*1-2H3/b50-49-,53-51+;;. The quantitative estimate of drug-likeness (QED) is 0.155. The van der Waals surface area contributed by atoms with Crippen LogP contribution in [0, 0.1) is 13.8 Å². The predicted molar refractivity (Wildman–Crippen MR) is 254 cm³/mol. The molecule has 0 N–H and O–H groups in total. The zero-order chi connectivity index (χ0) is 41.0.